The largest absolute Gasteiger partial charge is 0.497 e. The van der Waals surface area contributed by atoms with Gasteiger partial charge in [0.25, 0.3) is 0 Å². The summed E-state index contributed by atoms with van der Waals surface area (Å²) in [5.41, 5.74) is 1.35. The second kappa shape index (κ2) is 9.85. The summed E-state index contributed by atoms with van der Waals surface area (Å²) in [7, 11) is 3.79. The van der Waals surface area contributed by atoms with Crippen LogP contribution in [0.15, 0.2) is 24.3 Å². The molecule has 2 nitrogen and oxygen atoms in total. The number of hydrogen-bond donors (Lipinski definition) is 1. The van der Waals surface area contributed by atoms with Crippen molar-refractivity contribution in [1.29, 1.82) is 0 Å². The van der Waals surface area contributed by atoms with E-state index in [2.05, 4.69) is 37.5 Å². The molecule has 0 saturated heterocycles. The summed E-state index contributed by atoms with van der Waals surface area (Å²) >= 11 is 0. The molecule has 0 amide bonds. The van der Waals surface area contributed by atoms with Crippen molar-refractivity contribution < 1.29 is 4.74 Å². The Kier molecular flexibility index (Phi) is 8.31. The fourth-order valence-corrected chi connectivity index (χ4v) is 2.43. The van der Waals surface area contributed by atoms with Crippen molar-refractivity contribution in [2.75, 3.05) is 14.2 Å². The summed E-state index contributed by atoms with van der Waals surface area (Å²) in [5.74, 6) is 0.954. The lowest BCUT2D eigenvalue weighted by Gasteiger charge is -2.16. The molecule has 0 aliphatic rings. The smallest absolute Gasteiger partial charge is 0.119 e. The molecule has 0 aliphatic carbocycles. The van der Waals surface area contributed by atoms with E-state index in [0.29, 0.717) is 6.04 Å². The Labute approximate surface area is 118 Å². The van der Waals surface area contributed by atoms with E-state index in [1.807, 2.05) is 6.07 Å². The van der Waals surface area contributed by atoms with Gasteiger partial charge in [0.15, 0.2) is 0 Å². The molecule has 2 heteroatoms. The maximum atomic E-state index is 5.28. The zero-order chi connectivity index (χ0) is 13.9. The van der Waals surface area contributed by atoms with Crippen LogP contribution in [0.2, 0.25) is 0 Å². The Hall–Kier alpha value is -1.02. The number of likely N-dealkylation sites (N-methyl/N-ethyl adjacent to an activating group) is 1. The third-order valence-electron chi connectivity index (χ3n) is 3.68. The van der Waals surface area contributed by atoms with Crippen LogP contribution in [0.1, 0.15) is 51.0 Å². The van der Waals surface area contributed by atoms with E-state index in [1.165, 1.54) is 44.1 Å². The molecular weight excluding hydrogens is 234 g/mol. The fraction of sp³-hybridized carbons (Fsp3) is 0.647. The molecule has 19 heavy (non-hydrogen) atoms. The highest BCUT2D eigenvalue weighted by Gasteiger charge is 2.07. The van der Waals surface area contributed by atoms with Gasteiger partial charge in [-0.15, -0.1) is 0 Å². The average Bonchev–Trinajstić information content (AvgIpc) is 2.46. The highest BCUT2D eigenvalue weighted by atomic mass is 16.5. The number of hydrogen-bond acceptors (Lipinski definition) is 2. The van der Waals surface area contributed by atoms with E-state index in [9.17, 15) is 0 Å². The molecule has 108 valence electrons. The van der Waals surface area contributed by atoms with E-state index in [0.717, 1.165) is 12.2 Å². The first kappa shape index (κ1) is 16.0. The second-order valence-electron chi connectivity index (χ2n) is 5.24. The van der Waals surface area contributed by atoms with Gasteiger partial charge in [-0.2, -0.15) is 0 Å². The Morgan fingerprint density at radius 2 is 1.95 bits per heavy atom. The Morgan fingerprint density at radius 1 is 1.16 bits per heavy atom. The van der Waals surface area contributed by atoms with Gasteiger partial charge in [0, 0.05) is 6.04 Å². The SMILES string of the molecule is CCCCCCCC(Cc1cccc(OC)c1)NC. The third kappa shape index (κ3) is 6.63. The number of ether oxygens (including phenoxy) is 1. The van der Waals surface area contributed by atoms with Crippen LogP contribution in [0.5, 0.6) is 5.75 Å². The zero-order valence-corrected chi connectivity index (χ0v) is 12.7. The number of benzene rings is 1. The van der Waals surface area contributed by atoms with E-state index in [4.69, 9.17) is 4.74 Å². The molecule has 0 saturated carbocycles. The van der Waals surface area contributed by atoms with E-state index < -0.39 is 0 Å². The van der Waals surface area contributed by atoms with Crippen molar-refractivity contribution in [3.05, 3.63) is 29.8 Å². The molecule has 1 atom stereocenters. The summed E-state index contributed by atoms with van der Waals surface area (Å²) in [4.78, 5) is 0. The van der Waals surface area contributed by atoms with Gasteiger partial charge in [-0.05, 0) is 37.6 Å². The lowest BCUT2D eigenvalue weighted by atomic mass is 10.00. The zero-order valence-electron chi connectivity index (χ0n) is 12.7. The van der Waals surface area contributed by atoms with E-state index in [1.54, 1.807) is 7.11 Å². The quantitative estimate of drug-likeness (QED) is 0.639. The van der Waals surface area contributed by atoms with E-state index in [-0.39, 0.29) is 0 Å². The highest BCUT2D eigenvalue weighted by molar-refractivity contribution is 5.28. The van der Waals surface area contributed by atoms with Crippen molar-refractivity contribution in [2.24, 2.45) is 0 Å². The molecule has 1 N–H and O–H groups in total. The minimum atomic E-state index is 0.578. The molecule has 1 aromatic rings. The van der Waals surface area contributed by atoms with Gasteiger partial charge in [0.05, 0.1) is 7.11 Å². The number of methoxy groups -OCH3 is 1. The van der Waals surface area contributed by atoms with Gasteiger partial charge in [-0.3, -0.25) is 0 Å². The van der Waals surface area contributed by atoms with Crippen LogP contribution >= 0.6 is 0 Å². The summed E-state index contributed by atoms with van der Waals surface area (Å²) < 4.78 is 5.28. The van der Waals surface area contributed by atoms with Crippen molar-refractivity contribution >= 4 is 0 Å². The summed E-state index contributed by atoms with van der Waals surface area (Å²) in [5, 5.41) is 3.44. The van der Waals surface area contributed by atoms with Crippen LogP contribution in [0.4, 0.5) is 0 Å². The van der Waals surface area contributed by atoms with Gasteiger partial charge < -0.3 is 10.1 Å². The topological polar surface area (TPSA) is 21.3 Å². The van der Waals surface area contributed by atoms with Gasteiger partial charge in [-0.1, -0.05) is 51.2 Å². The van der Waals surface area contributed by atoms with Crippen LogP contribution < -0.4 is 10.1 Å². The molecule has 0 aromatic heterocycles. The standard InChI is InChI=1S/C17H29NO/c1-4-5-6-7-8-11-16(18-2)13-15-10-9-12-17(14-15)19-3/h9-10,12,14,16,18H,4-8,11,13H2,1-3H3. The third-order valence-corrected chi connectivity index (χ3v) is 3.68. The minimum Gasteiger partial charge on any atom is -0.497 e. The van der Waals surface area contributed by atoms with Crippen LogP contribution in [-0.4, -0.2) is 20.2 Å². The highest BCUT2D eigenvalue weighted by Crippen LogP contribution is 2.16. The van der Waals surface area contributed by atoms with Crippen LogP contribution in [-0.2, 0) is 6.42 Å². The van der Waals surface area contributed by atoms with Crippen LogP contribution in [0.25, 0.3) is 0 Å². The second-order valence-corrected chi connectivity index (χ2v) is 5.24. The maximum absolute atomic E-state index is 5.28. The van der Waals surface area contributed by atoms with Crippen molar-refractivity contribution in [2.45, 2.75) is 57.9 Å². The molecule has 0 bridgehead atoms. The number of nitrogens with one attached hydrogen (secondary N) is 1. The van der Waals surface area contributed by atoms with Gasteiger partial charge in [-0.25, -0.2) is 0 Å². The molecule has 1 aromatic carbocycles. The Morgan fingerprint density at radius 3 is 2.63 bits per heavy atom. The van der Waals surface area contributed by atoms with E-state index >= 15 is 0 Å². The molecule has 0 spiro atoms. The maximum Gasteiger partial charge on any atom is 0.119 e. The summed E-state index contributed by atoms with van der Waals surface area (Å²) in [6.45, 7) is 2.26. The molecule has 1 unspecified atom stereocenters. The van der Waals surface area contributed by atoms with Gasteiger partial charge in [0.1, 0.15) is 5.75 Å². The molecule has 0 radical (unpaired) electrons. The molecule has 0 aliphatic heterocycles. The molecule has 0 fully saturated rings. The predicted molar refractivity (Wildman–Crippen MR) is 82.9 cm³/mol. The summed E-state index contributed by atoms with van der Waals surface area (Å²) in [6.07, 6.45) is 9.12. The van der Waals surface area contributed by atoms with Crippen molar-refractivity contribution in [3.8, 4) is 5.75 Å². The lowest BCUT2D eigenvalue weighted by molar-refractivity contribution is 0.413. The van der Waals surface area contributed by atoms with Crippen LogP contribution in [0.3, 0.4) is 0 Å². The Balaban J connectivity index is 2.34. The summed E-state index contributed by atoms with van der Waals surface area (Å²) in [6, 6.07) is 8.98. The first-order chi connectivity index (χ1) is 9.30. The normalized spacial score (nSPS) is 12.4. The molecular formula is C17H29NO. The lowest BCUT2D eigenvalue weighted by Crippen LogP contribution is -2.27. The monoisotopic (exact) mass is 263 g/mol. The Bertz CT molecular complexity index is 338. The minimum absolute atomic E-state index is 0.578. The van der Waals surface area contributed by atoms with Crippen molar-refractivity contribution in [3.63, 3.8) is 0 Å². The first-order valence-electron chi connectivity index (χ1n) is 7.60. The average molecular weight is 263 g/mol. The molecule has 1 rings (SSSR count). The molecule has 0 heterocycles. The first-order valence-corrected chi connectivity index (χ1v) is 7.60. The van der Waals surface area contributed by atoms with Crippen molar-refractivity contribution in [1.82, 2.24) is 5.32 Å². The fourth-order valence-electron chi connectivity index (χ4n) is 2.43. The number of rotatable bonds is 10. The number of unbranched alkanes of at least 4 members (excludes halogenated alkanes) is 4. The van der Waals surface area contributed by atoms with Gasteiger partial charge in [0.2, 0.25) is 0 Å². The predicted octanol–water partition coefficient (Wildman–Crippen LogP) is 4.19. The van der Waals surface area contributed by atoms with Gasteiger partial charge >= 0.3 is 0 Å². The van der Waals surface area contributed by atoms with Crippen LogP contribution in [0, 0.1) is 0 Å².